The van der Waals surface area contributed by atoms with Crippen molar-refractivity contribution >= 4 is 18.5 Å². The summed E-state index contributed by atoms with van der Waals surface area (Å²) in [7, 11) is 1.81. The molecule has 1 N–H and O–H groups in total. The summed E-state index contributed by atoms with van der Waals surface area (Å²) in [4.78, 5) is 12.9. The van der Waals surface area contributed by atoms with Crippen LogP contribution >= 0.6 is 12.4 Å². The largest absolute Gasteiger partial charge is 0.449 e. The van der Waals surface area contributed by atoms with Crippen molar-refractivity contribution in [1.29, 1.82) is 0 Å². The molecule has 2 fully saturated rings. The molecule has 0 spiro atoms. The number of nitrogens with zero attached hydrogens (tertiary/aromatic N) is 1. The molecular formula is C8H15ClN2O2. The number of carbonyl (C=O) groups excluding carboxylic acids is 1. The van der Waals surface area contributed by atoms with Crippen LogP contribution in [0.2, 0.25) is 0 Å². The first-order valence-electron chi connectivity index (χ1n) is 4.26. The second kappa shape index (κ2) is 3.35. The van der Waals surface area contributed by atoms with Gasteiger partial charge in [0, 0.05) is 26.1 Å². The zero-order valence-corrected chi connectivity index (χ0v) is 8.69. The van der Waals surface area contributed by atoms with Gasteiger partial charge in [-0.2, -0.15) is 0 Å². The Balaban J connectivity index is 0.000000845. The lowest BCUT2D eigenvalue weighted by Gasteiger charge is -2.42. The lowest BCUT2D eigenvalue weighted by atomic mass is 9.87. The first kappa shape index (κ1) is 10.6. The quantitative estimate of drug-likeness (QED) is 0.627. The van der Waals surface area contributed by atoms with E-state index in [1.54, 1.807) is 4.90 Å². The van der Waals surface area contributed by atoms with Crippen LogP contribution in [-0.4, -0.2) is 43.3 Å². The van der Waals surface area contributed by atoms with E-state index in [1.807, 2.05) is 7.05 Å². The standard InChI is InChI=1S/C8H14N2O2.ClH/c1-8-5-9-3-6(8)4-12-7(11)10(8)2;/h6,9H,3-5H2,1-2H3;1H. The lowest BCUT2D eigenvalue weighted by Crippen LogP contribution is -2.57. The van der Waals surface area contributed by atoms with Crippen LogP contribution in [0.1, 0.15) is 6.92 Å². The van der Waals surface area contributed by atoms with E-state index in [1.165, 1.54) is 0 Å². The average Bonchev–Trinajstić information content (AvgIpc) is 2.42. The molecule has 0 saturated carbocycles. The highest BCUT2D eigenvalue weighted by Crippen LogP contribution is 2.31. The Morgan fingerprint density at radius 3 is 3.08 bits per heavy atom. The highest BCUT2D eigenvalue weighted by Gasteiger charge is 2.48. The van der Waals surface area contributed by atoms with Gasteiger partial charge in [-0.15, -0.1) is 12.4 Å². The van der Waals surface area contributed by atoms with E-state index in [-0.39, 0.29) is 24.0 Å². The van der Waals surface area contributed by atoms with Crippen molar-refractivity contribution < 1.29 is 9.53 Å². The fourth-order valence-electron chi connectivity index (χ4n) is 1.97. The van der Waals surface area contributed by atoms with Crippen molar-refractivity contribution in [1.82, 2.24) is 10.2 Å². The number of cyclic esters (lactones) is 1. The fraction of sp³-hybridized carbons (Fsp3) is 0.875. The van der Waals surface area contributed by atoms with Crippen LogP contribution in [0.4, 0.5) is 4.79 Å². The molecule has 0 aliphatic carbocycles. The molecule has 4 nitrogen and oxygen atoms in total. The minimum Gasteiger partial charge on any atom is -0.449 e. The number of ether oxygens (including phenoxy) is 1. The third-order valence-corrected chi connectivity index (χ3v) is 3.20. The van der Waals surface area contributed by atoms with Crippen molar-refractivity contribution in [3.8, 4) is 0 Å². The molecule has 76 valence electrons. The number of fused-ring (bicyclic) bond motifs is 1. The summed E-state index contributed by atoms with van der Waals surface area (Å²) in [6.07, 6.45) is -0.197. The van der Waals surface area contributed by atoms with E-state index < -0.39 is 0 Å². The maximum absolute atomic E-state index is 11.2. The minimum atomic E-state index is -0.197. The van der Waals surface area contributed by atoms with E-state index in [4.69, 9.17) is 4.74 Å². The van der Waals surface area contributed by atoms with E-state index in [2.05, 4.69) is 12.2 Å². The van der Waals surface area contributed by atoms with E-state index in [0.29, 0.717) is 12.5 Å². The van der Waals surface area contributed by atoms with E-state index in [9.17, 15) is 4.79 Å². The van der Waals surface area contributed by atoms with Gasteiger partial charge in [-0.25, -0.2) is 4.79 Å². The Labute approximate surface area is 84.0 Å². The Bertz CT molecular complexity index is 224. The van der Waals surface area contributed by atoms with Gasteiger partial charge in [0.25, 0.3) is 0 Å². The van der Waals surface area contributed by atoms with Gasteiger partial charge in [0.2, 0.25) is 0 Å². The van der Waals surface area contributed by atoms with Crippen LogP contribution in [0.3, 0.4) is 0 Å². The van der Waals surface area contributed by atoms with E-state index in [0.717, 1.165) is 13.1 Å². The monoisotopic (exact) mass is 206 g/mol. The molecule has 0 bridgehead atoms. The molecule has 2 atom stereocenters. The number of carbonyl (C=O) groups is 1. The molecule has 1 amide bonds. The van der Waals surface area contributed by atoms with Gasteiger partial charge in [-0.3, -0.25) is 0 Å². The van der Waals surface area contributed by atoms with Crippen LogP contribution < -0.4 is 5.32 Å². The predicted octanol–water partition coefficient (Wildman–Crippen LogP) is 0.468. The molecule has 13 heavy (non-hydrogen) atoms. The van der Waals surface area contributed by atoms with Gasteiger partial charge in [0.05, 0.1) is 12.1 Å². The minimum absolute atomic E-state index is 0. The Hall–Kier alpha value is -0.480. The van der Waals surface area contributed by atoms with Crippen LogP contribution in [0.5, 0.6) is 0 Å². The molecule has 2 aliphatic heterocycles. The second-order valence-electron chi connectivity index (χ2n) is 3.82. The highest BCUT2D eigenvalue weighted by molar-refractivity contribution is 5.85. The van der Waals surface area contributed by atoms with Crippen molar-refractivity contribution in [2.24, 2.45) is 5.92 Å². The molecule has 0 aromatic heterocycles. The number of halogens is 1. The fourth-order valence-corrected chi connectivity index (χ4v) is 1.97. The van der Waals surface area contributed by atoms with Gasteiger partial charge in [0.1, 0.15) is 0 Å². The van der Waals surface area contributed by atoms with Crippen molar-refractivity contribution in [2.45, 2.75) is 12.5 Å². The lowest BCUT2D eigenvalue weighted by molar-refractivity contribution is -0.00459. The number of rotatable bonds is 0. The summed E-state index contributed by atoms with van der Waals surface area (Å²) in [6, 6.07) is 0. The summed E-state index contributed by atoms with van der Waals surface area (Å²) >= 11 is 0. The number of likely N-dealkylation sites (N-methyl/N-ethyl adjacent to an activating group) is 1. The summed E-state index contributed by atoms with van der Waals surface area (Å²) in [5.74, 6) is 0.445. The average molecular weight is 207 g/mol. The van der Waals surface area contributed by atoms with Gasteiger partial charge >= 0.3 is 6.09 Å². The van der Waals surface area contributed by atoms with Crippen molar-refractivity contribution in [3.63, 3.8) is 0 Å². The molecule has 2 rings (SSSR count). The van der Waals surface area contributed by atoms with Crippen molar-refractivity contribution in [2.75, 3.05) is 26.7 Å². The molecule has 0 aromatic rings. The summed E-state index contributed by atoms with van der Waals surface area (Å²) in [5.41, 5.74) is -0.0324. The Kier molecular flexibility index (Phi) is 2.73. The van der Waals surface area contributed by atoms with Gasteiger partial charge < -0.3 is 15.0 Å². The summed E-state index contributed by atoms with van der Waals surface area (Å²) in [6.45, 7) is 4.50. The zero-order chi connectivity index (χ0) is 8.77. The van der Waals surface area contributed by atoms with Crippen LogP contribution in [0.15, 0.2) is 0 Å². The van der Waals surface area contributed by atoms with Crippen LogP contribution in [0.25, 0.3) is 0 Å². The third-order valence-electron chi connectivity index (χ3n) is 3.20. The molecule has 2 heterocycles. The first-order valence-corrected chi connectivity index (χ1v) is 4.26. The topological polar surface area (TPSA) is 41.6 Å². The third kappa shape index (κ3) is 1.38. The van der Waals surface area contributed by atoms with Crippen LogP contribution in [-0.2, 0) is 4.74 Å². The molecule has 5 heteroatoms. The molecular weight excluding hydrogens is 192 g/mol. The SMILES string of the molecule is CN1C(=O)OCC2CNCC21C.Cl. The maximum Gasteiger partial charge on any atom is 0.410 e. The van der Waals surface area contributed by atoms with Crippen molar-refractivity contribution in [3.05, 3.63) is 0 Å². The Morgan fingerprint density at radius 2 is 2.38 bits per heavy atom. The smallest absolute Gasteiger partial charge is 0.410 e. The summed E-state index contributed by atoms with van der Waals surface area (Å²) in [5, 5.41) is 3.28. The number of amides is 1. The first-order chi connectivity index (χ1) is 5.64. The Morgan fingerprint density at radius 1 is 1.69 bits per heavy atom. The predicted molar refractivity (Wildman–Crippen MR) is 51.1 cm³/mol. The second-order valence-corrected chi connectivity index (χ2v) is 3.82. The maximum atomic E-state index is 11.2. The molecule has 0 radical (unpaired) electrons. The van der Waals surface area contributed by atoms with E-state index >= 15 is 0 Å². The number of hydrogen-bond acceptors (Lipinski definition) is 3. The number of nitrogens with one attached hydrogen (secondary N) is 1. The zero-order valence-electron chi connectivity index (χ0n) is 7.87. The molecule has 2 saturated heterocycles. The van der Waals surface area contributed by atoms with Gasteiger partial charge in [0.15, 0.2) is 0 Å². The molecule has 2 aliphatic rings. The van der Waals surface area contributed by atoms with Crippen LogP contribution in [0, 0.1) is 5.92 Å². The van der Waals surface area contributed by atoms with Gasteiger partial charge in [-0.1, -0.05) is 0 Å². The normalized spacial score (nSPS) is 37.8. The number of hydrogen-bond donors (Lipinski definition) is 1. The highest BCUT2D eigenvalue weighted by atomic mass is 35.5. The summed E-state index contributed by atoms with van der Waals surface area (Å²) < 4.78 is 5.02. The molecule has 2 unspecified atom stereocenters. The van der Waals surface area contributed by atoms with Gasteiger partial charge in [-0.05, 0) is 6.92 Å². The molecule has 0 aromatic carbocycles.